The van der Waals surface area contributed by atoms with Gasteiger partial charge in [-0.25, -0.2) is 0 Å². The molecule has 0 radical (unpaired) electrons. The Bertz CT molecular complexity index is 134. The highest BCUT2D eigenvalue weighted by Gasteiger charge is 1.94. The molecule has 0 spiro atoms. The van der Waals surface area contributed by atoms with E-state index in [0.717, 1.165) is 5.57 Å². The van der Waals surface area contributed by atoms with Gasteiger partial charge in [-0.15, -0.1) is 0 Å². The molecule has 0 atom stereocenters. The topological polar surface area (TPSA) is 15.6 Å². The summed E-state index contributed by atoms with van der Waals surface area (Å²) >= 11 is 0. The van der Waals surface area contributed by atoms with Crippen LogP contribution in [0.5, 0.6) is 0 Å². The van der Waals surface area contributed by atoms with Crippen LogP contribution in [0.2, 0.25) is 0 Å². The molecule has 0 bridgehead atoms. The molecule has 10 heavy (non-hydrogen) atoms. The molecule has 0 unspecified atom stereocenters. The third-order valence-corrected chi connectivity index (χ3v) is 1.20. The summed E-state index contributed by atoms with van der Waals surface area (Å²) in [7, 11) is 3.79. The van der Waals surface area contributed by atoms with Gasteiger partial charge in [-0.05, 0) is 11.5 Å². The van der Waals surface area contributed by atoms with Crippen LogP contribution < -0.4 is 0 Å². The number of hydrogen-bond donors (Lipinski definition) is 0. The molecular weight excluding hydrogens is 124 g/mol. The first kappa shape index (κ1) is 9.21. The highest BCUT2D eigenvalue weighted by atomic mass is 15.4. The fourth-order valence-electron chi connectivity index (χ4n) is 0.339. The van der Waals surface area contributed by atoms with E-state index in [9.17, 15) is 0 Å². The van der Waals surface area contributed by atoms with Crippen LogP contribution in [0.4, 0.5) is 0 Å². The minimum Gasteiger partial charge on any atom is -0.303 e. The third-order valence-electron chi connectivity index (χ3n) is 1.20. The smallest absolute Gasteiger partial charge is 0.0498 e. The van der Waals surface area contributed by atoms with Crippen LogP contribution in [0.3, 0.4) is 0 Å². The molecule has 0 aliphatic rings. The van der Waals surface area contributed by atoms with Crippen molar-refractivity contribution in [2.24, 2.45) is 11.0 Å². The Kier molecular flexibility index (Phi) is 3.77. The number of nitrogens with zero attached hydrogens (tertiary/aromatic N) is 2. The van der Waals surface area contributed by atoms with Crippen molar-refractivity contribution < 1.29 is 0 Å². The standard InChI is InChI=1S/C8H16N2/c1-7(2)8(3)6-9-10(4)5/h6-7H,3H2,1-2,4-5H3/b9-6+. The molecule has 0 N–H and O–H groups in total. The van der Waals surface area contributed by atoms with E-state index >= 15 is 0 Å². The molecule has 0 amide bonds. The van der Waals surface area contributed by atoms with E-state index in [1.165, 1.54) is 0 Å². The maximum Gasteiger partial charge on any atom is 0.0498 e. The first-order valence-electron chi connectivity index (χ1n) is 3.44. The van der Waals surface area contributed by atoms with E-state index < -0.39 is 0 Å². The van der Waals surface area contributed by atoms with Gasteiger partial charge in [0.15, 0.2) is 0 Å². The Labute approximate surface area is 63.2 Å². The molecule has 0 saturated carbocycles. The molecule has 0 heterocycles. The molecule has 0 fully saturated rings. The Hall–Kier alpha value is -0.790. The van der Waals surface area contributed by atoms with Gasteiger partial charge in [0.05, 0.1) is 0 Å². The van der Waals surface area contributed by atoms with Crippen LogP contribution >= 0.6 is 0 Å². The summed E-state index contributed by atoms with van der Waals surface area (Å²) in [5, 5.41) is 5.81. The molecule has 0 rings (SSSR count). The Balaban J connectivity index is 3.79. The lowest BCUT2D eigenvalue weighted by Gasteiger charge is -2.05. The molecule has 0 aliphatic carbocycles. The minimum absolute atomic E-state index is 0.490. The molecule has 58 valence electrons. The third kappa shape index (κ3) is 4.13. The zero-order valence-corrected chi connectivity index (χ0v) is 7.26. The number of rotatable bonds is 3. The number of allylic oxidation sites excluding steroid dienone is 1. The zero-order chi connectivity index (χ0) is 8.15. The molecule has 0 aromatic heterocycles. The van der Waals surface area contributed by atoms with Gasteiger partial charge in [0.1, 0.15) is 0 Å². The Morgan fingerprint density at radius 1 is 1.50 bits per heavy atom. The van der Waals surface area contributed by atoms with E-state index in [0.29, 0.717) is 5.92 Å². The van der Waals surface area contributed by atoms with Gasteiger partial charge in [-0.3, -0.25) is 0 Å². The average Bonchev–Trinajstić information content (AvgIpc) is 1.82. The van der Waals surface area contributed by atoms with Gasteiger partial charge in [0, 0.05) is 20.3 Å². The fraction of sp³-hybridized carbons (Fsp3) is 0.625. The largest absolute Gasteiger partial charge is 0.303 e. The molecule has 2 heteroatoms. The van der Waals surface area contributed by atoms with E-state index in [1.54, 1.807) is 11.2 Å². The van der Waals surface area contributed by atoms with Crippen molar-refractivity contribution in [3.8, 4) is 0 Å². The molecule has 2 nitrogen and oxygen atoms in total. The molecule has 0 aliphatic heterocycles. The van der Waals surface area contributed by atoms with Crippen LogP contribution in [0, 0.1) is 5.92 Å². The van der Waals surface area contributed by atoms with Gasteiger partial charge in [0.2, 0.25) is 0 Å². The lowest BCUT2D eigenvalue weighted by molar-refractivity contribution is 0.440. The summed E-state index contributed by atoms with van der Waals surface area (Å²) in [6.45, 7) is 8.05. The summed E-state index contributed by atoms with van der Waals surface area (Å²) < 4.78 is 0. The predicted molar refractivity (Wildman–Crippen MR) is 46.2 cm³/mol. The normalized spacial score (nSPS) is 10.9. The summed E-state index contributed by atoms with van der Waals surface area (Å²) in [6.07, 6.45) is 1.80. The van der Waals surface area contributed by atoms with Gasteiger partial charge < -0.3 is 5.01 Å². The van der Waals surface area contributed by atoms with E-state index in [2.05, 4.69) is 25.5 Å². The highest BCUT2D eigenvalue weighted by Crippen LogP contribution is 2.02. The summed E-state index contributed by atoms with van der Waals surface area (Å²) in [5.41, 5.74) is 1.06. The van der Waals surface area contributed by atoms with Gasteiger partial charge in [0.25, 0.3) is 0 Å². The molecular formula is C8H16N2. The Morgan fingerprint density at radius 3 is 2.30 bits per heavy atom. The van der Waals surface area contributed by atoms with Crippen molar-refractivity contribution in [2.45, 2.75) is 13.8 Å². The van der Waals surface area contributed by atoms with E-state index in [4.69, 9.17) is 0 Å². The average molecular weight is 140 g/mol. The second kappa shape index (κ2) is 4.09. The molecule has 0 aromatic rings. The SMILES string of the molecule is C=C(/C=N/N(C)C)C(C)C. The first-order chi connectivity index (χ1) is 4.54. The molecule has 0 aromatic carbocycles. The first-order valence-corrected chi connectivity index (χ1v) is 3.44. The van der Waals surface area contributed by atoms with Gasteiger partial charge >= 0.3 is 0 Å². The van der Waals surface area contributed by atoms with Crippen molar-refractivity contribution in [1.82, 2.24) is 5.01 Å². The molecule has 0 saturated heterocycles. The zero-order valence-electron chi connectivity index (χ0n) is 7.26. The van der Waals surface area contributed by atoms with Crippen LogP contribution in [0.25, 0.3) is 0 Å². The summed E-state index contributed by atoms with van der Waals surface area (Å²) in [5.74, 6) is 0.490. The number of hydrazone groups is 1. The van der Waals surface area contributed by atoms with E-state index in [-0.39, 0.29) is 0 Å². The lowest BCUT2D eigenvalue weighted by Crippen LogP contribution is -2.03. The van der Waals surface area contributed by atoms with Crippen LogP contribution in [-0.4, -0.2) is 25.3 Å². The summed E-state index contributed by atoms with van der Waals surface area (Å²) in [6, 6.07) is 0. The summed E-state index contributed by atoms with van der Waals surface area (Å²) in [4.78, 5) is 0. The van der Waals surface area contributed by atoms with Gasteiger partial charge in [-0.2, -0.15) is 5.10 Å². The van der Waals surface area contributed by atoms with Gasteiger partial charge in [-0.1, -0.05) is 20.4 Å². The maximum atomic E-state index is 4.05. The van der Waals surface area contributed by atoms with E-state index in [1.807, 2.05) is 14.1 Å². The minimum atomic E-state index is 0.490. The van der Waals surface area contributed by atoms with Crippen LogP contribution in [-0.2, 0) is 0 Å². The second-order valence-corrected chi connectivity index (χ2v) is 2.82. The van der Waals surface area contributed by atoms with Crippen molar-refractivity contribution >= 4 is 6.21 Å². The predicted octanol–water partition coefficient (Wildman–Crippen LogP) is 1.75. The fourth-order valence-corrected chi connectivity index (χ4v) is 0.339. The number of hydrogen-bond acceptors (Lipinski definition) is 2. The highest BCUT2D eigenvalue weighted by molar-refractivity contribution is 5.77. The van der Waals surface area contributed by atoms with Crippen molar-refractivity contribution in [1.29, 1.82) is 0 Å². The second-order valence-electron chi connectivity index (χ2n) is 2.82. The van der Waals surface area contributed by atoms with Crippen LogP contribution in [0.1, 0.15) is 13.8 Å². The van der Waals surface area contributed by atoms with Crippen molar-refractivity contribution in [2.75, 3.05) is 14.1 Å². The lowest BCUT2D eigenvalue weighted by atomic mass is 10.1. The van der Waals surface area contributed by atoms with Crippen LogP contribution in [0.15, 0.2) is 17.3 Å². The van der Waals surface area contributed by atoms with Crippen molar-refractivity contribution in [3.63, 3.8) is 0 Å². The quantitative estimate of drug-likeness (QED) is 0.430. The monoisotopic (exact) mass is 140 g/mol. The maximum absolute atomic E-state index is 4.05. The Morgan fingerprint density at radius 2 is 2.00 bits per heavy atom. The van der Waals surface area contributed by atoms with Crippen molar-refractivity contribution in [3.05, 3.63) is 12.2 Å².